The molecule has 1 aromatic carbocycles. The molecule has 1 aromatic rings. The van der Waals surface area contributed by atoms with Gasteiger partial charge in [0.15, 0.2) is 11.6 Å². The summed E-state index contributed by atoms with van der Waals surface area (Å²) in [6, 6.07) is 1.59. The number of hydrogen-bond acceptors (Lipinski definition) is 2. The zero-order chi connectivity index (χ0) is 12.3. The van der Waals surface area contributed by atoms with E-state index in [2.05, 4.69) is 21.2 Å². The molecule has 2 N–H and O–H groups in total. The van der Waals surface area contributed by atoms with Crippen LogP contribution in [-0.4, -0.2) is 23.7 Å². The molecule has 6 heteroatoms. The predicted molar refractivity (Wildman–Crippen MR) is 58.1 cm³/mol. The monoisotopic (exact) mass is 293 g/mol. The highest BCUT2D eigenvalue weighted by atomic mass is 79.9. The lowest BCUT2D eigenvalue weighted by atomic mass is 10.2. The van der Waals surface area contributed by atoms with Crippen molar-refractivity contribution in [2.45, 2.75) is 13.0 Å². The Morgan fingerprint density at radius 2 is 2.19 bits per heavy atom. The minimum absolute atomic E-state index is 0.271. The van der Waals surface area contributed by atoms with Crippen LogP contribution in [-0.2, 0) is 0 Å². The molecule has 0 aliphatic heterocycles. The average molecular weight is 294 g/mol. The Morgan fingerprint density at radius 1 is 1.56 bits per heavy atom. The van der Waals surface area contributed by atoms with Crippen molar-refractivity contribution in [3.8, 4) is 0 Å². The Hall–Kier alpha value is -1.01. The van der Waals surface area contributed by atoms with Gasteiger partial charge < -0.3 is 10.4 Å². The second kappa shape index (κ2) is 5.36. The second-order valence-corrected chi connectivity index (χ2v) is 4.22. The van der Waals surface area contributed by atoms with Crippen LogP contribution in [0.1, 0.15) is 17.3 Å². The molecular weight excluding hydrogens is 284 g/mol. The third kappa shape index (κ3) is 2.99. The van der Waals surface area contributed by atoms with Crippen molar-refractivity contribution < 1.29 is 18.7 Å². The number of rotatable bonds is 3. The summed E-state index contributed by atoms with van der Waals surface area (Å²) < 4.78 is 26.5. The van der Waals surface area contributed by atoms with E-state index in [1.165, 1.54) is 6.07 Å². The van der Waals surface area contributed by atoms with Gasteiger partial charge in [0.1, 0.15) is 0 Å². The molecule has 0 fully saturated rings. The summed E-state index contributed by atoms with van der Waals surface area (Å²) in [5.41, 5.74) is -0.396. The van der Waals surface area contributed by atoms with Crippen LogP contribution in [0.25, 0.3) is 0 Å². The first-order chi connectivity index (χ1) is 7.45. The first-order valence-corrected chi connectivity index (χ1v) is 5.31. The van der Waals surface area contributed by atoms with E-state index in [0.29, 0.717) is 0 Å². The van der Waals surface area contributed by atoms with Crippen LogP contribution in [0.3, 0.4) is 0 Å². The van der Waals surface area contributed by atoms with Crippen LogP contribution in [0, 0.1) is 11.6 Å². The number of carbonyl (C=O) groups excluding carboxylic acids is 1. The van der Waals surface area contributed by atoms with Gasteiger partial charge in [0.05, 0.1) is 12.2 Å². The molecule has 0 saturated heterocycles. The maximum absolute atomic E-state index is 13.3. The smallest absolute Gasteiger partial charge is 0.254 e. The number of benzene rings is 1. The third-order valence-corrected chi connectivity index (χ3v) is 2.35. The molecule has 16 heavy (non-hydrogen) atoms. The van der Waals surface area contributed by atoms with E-state index in [4.69, 9.17) is 5.11 Å². The van der Waals surface area contributed by atoms with Crippen molar-refractivity contribution in [2.24, 2.45) is 0 Å². The summed E-state index contributed by atoms with van der Waals surface area (Å²) in [4.78, 5) is 11.5. The third-order valence-electron chi connectivity index (χ3n) is 1.89. The van der Waals surface area contributed by atoms with Gasteiger partial charge in [-0.2, -0.15) is 0 Å². The number of nitrogens with one attached hydrogen (secondary N) is 1. The molecule has 0 bridgehead atoms. The standard InChI is InChI=1S/C10H10BrF2NO2/c1-5(4-15)14-10(16)7-2-6(11)3-8(12)9(7)13/h2-3,5,15H,4H2,1H3,(H,14,16)/t5-/m1/s1. The van der Waals surface area contributed by atoms with Crippen LogP contribution in [0.2, 0.25) is 0 Å². The van der Waals surface area contributed by atoms with Crippen molar-refractivity contribution in [2.75, 3.05) is 6.61 Å². The maximum atomic E-state index is 13.3. The molecule has 0 spiro atoms. The summed E-state index contributed by atoms with van der Waals surface area (Å²) in [7, 11) is 0. The minimum Gasteiger partial charge on any atom is -0.394 e. The largest absolute Gasteiger partial charge is 0.394 e. The lowest BCUT2D eigenvalue weighted by Gasteiger charge is -2.11. The maximum Gasteiger partial charge on any atom is 0.254 e. The van der Waals surface area contributed by atoms with Crippen LogP contribution >= 0.6 is 15.9 Å². The topological polar surface area (TPSA) is 49.3 Å². The Kier molecular flexibility index (Phi) is 4.37. The molecule has 0 radical (unpaired) electrons. The predicted octanol–water partition coefficient (Wildman–Crippen LogP) is 1.84. The Balaban J connectivity index is 2.99. The number of carbonyl (C=O) groups is 1. The lowest BCUT2D eigenvalue weighted by Crippen LogP contribution is -2.35. The van der Waals surface area contributed by atoms with Crippen molar-refractivity contribution in [1.82, 2.24) is 5.32 Å². The van der Waals surface area contributed by atoms with Crippen LogP contribution in [0.15, 0.2) is 16.6 Å². The van der Waals surface area contributed by atoms with Crippen molar-refractivity contribution in [1.29, 1.82) is 0 Å². The number of amides is 1. The first-order valence-electron chi connectivity index (χ1n) is 4.52. The molecular formula is C10H10BrF2NO2. The quantitative estimate of drug-likeness (QED) is 0.836. The first kappa shape index (κ1) is 13.1. The van der Waals surface area contributed by atoms with E-state index < -0.39 is 29.1 Å². The molecule has 0 aliphatic rings. The van der Waals surface area contributed by atoms with Gasteiger partial charge in [-0.05, 0) is 19.1 Å². The minimum atomic E-state index is -1.20. The fraction of sp³-hybridized carbons (Fsp3) is 0.300. The van der Waals surface area contributed by atoms with Crippen LogP contribution in [0.4, 0.5) is 8.78 Å². The van der Waals surface area contributed by atoms with Gasteiger partial charge in [-0.15, -0.1) is 0 Å². The molecule has 1 atom stereocenters. The molecule has 0 aromatic heterocycles. The molecule has 88 valence electrons. The summed E-state index contributed by atoms with van der Waals surface area (Å²) in [6.07, 6.45) is 0. The van der Waals surface area contributed by atoms with Gasteiger partial charge in [0, 0.05) is 10.5 Å². The fourth-order valence-corrected chi connectivity index (χ4v) is 1.50. The zero-order valence-electron chi connectivity index (χ0n) is 8.43. The van der Waals surface area contributed by atoms with E-state index in [0.717, 1.165) is 6.07 Å². The highest BCUT2D eigenvalue weighted by molar-refractivity contribution is 9.10. The number of hydrogen-bond donors (Lipinski definition) is 2. The van der Waals surface area contributed by atoms with E-state index >= 15 is 0 Å². The molecule has 1 amide bonds. The van der Waals surface area contributed by atoms with Gasteiger partial charge >= 0.3 is 0 Å². The van der Waals surface area contributed by atoms with Gasteiger partial charge in [-0.25, -0.2) is 8.78 Å². The normalized spacial score (nSPS) is 12.3. The van der Waals surface area contributed by atoms with Gasteiger partial charge in [0.2, 0.25) is 0 Å². The van der Waals surface area contributed by atoms with Crippen molar-refractivity contribution in [3.63, 3.8) is 0 Å². The molecule has 0 unspecified atom stereocenters. The second-order valence-electron chi connectivity index (χ2n) is 3.31. The number of aliphatic hydroxyl groups excluding tert-OH is 1. The van der Waals surface area contributed by atoms with Crippen molar-refractivity contribution in [3.05, 3.63) is 33.8 Å². The zero-order valence-corrected chi connectivity index (χ0v) is 10.0. The highest BCUT2D eigenvalue weighted by Crippen LogP contribution is 2.19. The lowest BCUT2D eigenvalue weighted by molar-refractivity contribution is 0.0917. The molecule has 0 saturated carbocycles. The van der Waals surface area contributed by atoms with Crippen LogP contribution < -0.4 is 5.32 Å². The molecule has 1 rings (SSSR count). The average Bonchev–Trinajstić information content (AvgIpc) is 2.22. The highest BCUT2D eigenvalue weighted by Gasteiger charge is 2.17. The van der Waals surface area contributed by atoms with Crippen molar-refractivity contribution >= 4 is 21.8 Å². The number of aliphatic hydroxyl groups is 1. The SMILES string of the molecule is C[C@H](CO)NC(=O)c1cc(Br)cc(F)c1F. The van der Waals surface area contributed by atoms with Gasteiger partial charge in [-0.3, -0.25) is 4.79 Å². The van der Waals surface area contributed by atoms with Crippen LogP contribution in [0.5, 0.6) is 0 Å². The van der Waals surface area contributed by atoms with E-state index in [9.17, 15) is 13.6 Å². The summed E-state index contributed by atoms with van der Waals surface area (Å²) in [6.45, 7) is 1.27. The van der Waals surface area contributed by atoms with E-state index in [1.807, 2.05) is 0 Å². The summed E-state index contributed by atoms with van der Waals surface area (Å²) >= 11 is 2.96. The summed E-state index contributed by atoms with van der Waals surface area (Å²) in [5.74, 6) is -3.07. The molecule has 3 nitrogen and oxygen atoms in total. The van der Waals surface area contributed by atoms with Gasteiger partial charge in [-0.1, -0.05) is 15.9 Å². The van der Waals surface area contributed by atoms with E-state index in [-0.39, 0.29) is 11.1 Å². The molecule has 0 heterocycles. The Labute approximate surface area is 99.6 Å². The fourth-order valence-electron chi connectivity index (χ4n) is 1.07. The Bertz CT molecular complexity index is 412. The molecule has 0 aliphatic carbocycles. The summed E-state index contributed by atoms with van der Waals surface area (Å²) in [5, 5.41) is 11.0. The van der Waals surface area contributed by atoms with Gasteiger partial charge in [0.25, 0.3) is 5.91 Å². The number of halogens is 3. The Morgan fingerprint density at radius 3 is 2.75 bits per heavy atom. The van der Waals surface area contributed by atoms with E-state index in [1.54, 1.807) is 6.92 Å².